The van der Waals surface area contributed by atoms with E-state index in [-0.39, 0.29) is 6.61 Å². The van der Waals surface area contributed by atoms with Crippen molar-refractivity contribution in [2.45, 2.75) is 68.0 Å². The number of hydrogen-bond donors (Lipinski definition) is 7. The van der Waals surface area contributed by atoms with Crippen molar-refractivity contribution in [1.82, 2.24) is 0 Å². The lowest BCUT2D eigenvalue weighted by molar-refractivity contribution is -0.332. The lowest BCUT2D eigenvalue weighted by atomic mass is 9.98. The third-order valence-electron chi connectivity index (χ3n) is 5.30. The Balaban J connectivity index is 1.60. The number of hydrogen-bond acceptors (Lipinski definition) is 11. The van der Waals surface area contributed by atoms with E-state index in [1.165, 1.54) is 0 Å². The Kier molecular flexibility index (Phi) is 8.77. The Morgan fingerprint density at radius 3 is 1.90 bits per heavy atom. The van der Waals surface area contributed by atoms with E-state index < -0.39 is 74.6 Å². The summed E-state index contributed by atoms with van der Waals surface area (Å²) in [5.74, 6) is 0. The molecule has 1 aromatic rings. The van der Waals surface area contributed by atoms with Crippen molar-refractivity contribution in [2.75, 3.05) is 13.2 Å². The molecule has 2 aliphatic heterocycles. The molecule has 0 bridgehead atoms. The highest BCUT2D eigenvalue weighted by Crippen LogP contribution is 2.27. The monoisotopic (exact) mass is 510 g/mol. The average Bonchev–Trinajstić information content (AvgIpc) is 2.77. The first-order valence-electron chi connectivity index (χ1n) is 9.71. The number of benzene rings is 1. The maximum atomic E-state index is 10.2. The smallest absolute Gasteiger partial charge is 0.187 e. The summed E-state index contributed by atoms with van der Waals surface area (Å²) in [6.07, 6.45) is -14.5. The van der Waals surface area contributed by atoms with E-state index >= 15 is 0 Å². The first-order chi connectivity index (χ1) is 14.7. The minimum Gasteiger partial charge on any atom is -0.394 e. The average molecular weight is 511 g/mol. The summed E-state index contributed by atoms with van der Waals surface area (Å²) >= 11 is 3.38. The summed E-state index contributed by atoms with van der Waals surface area (Å²) in [7, 11) is 0. The summed E-state index contributed by atoms with van der Waals surface area (Å²) in [5.41, 5.74) is 0.771. The Labute approximate surface area is 186 Å². The van der Waals surface area contributed by atoms with E-state index in [1.807, 2.05) is 12.1 Å². The third kappa shape index (κ3) is 5.61. The Hall–Kier alpha value is -0.740. The highest BCUT2D eigenvalue weighted by atomic mass is 79.9. The lowest BCUT2D eigenvalue weighted by Gasteiger charge is -2.42. The number of ether oxygens (including phenoxy) is 4. The standard InChI is InChI=1S/C19H27BrO11/c20-9-4-2-1-3-8(9)6-28-18-17(27)15(25)13(23)11(31-18)7-29-19-16(26)14(24)12(22)10(5-21)30-19/h1-4,10-19,21-27H,5-7H2/t10-,11-,12+,13+,14-,15-,16-,17-,18+,19+/m0/s1. The van der Waals surface area contributed by atoms with E-state index in [9.17, 15) is 35.7 Å². The van der Waals surface area contributed by atoms with E-state index in [2.05, 4.69) is 15.9 Å². The van der Waals surface area contributed by atoms with Gasteiger partial charge in [-0.1, -0.05) is 34.1 Å². The largest absolute Gasteiger partial charge is 0.394 e. The van der Waals surface area contributed by atoms with Gasteiger partial charge in [-0.2, -0.15) is 0 Å². The molecule has 10 atom stereocenters. The molecule has 31 heavy (non-hydrogen) atoms. The molecule has 2 heterocycles. The van der Waals surface area contributed by atoms with Crippen LogP contribution in [-0.2, 0) is 25.6 Å². The van der Waals surface area contributed by atoms with E-state index in [1.54, 1.807) is 12.1 Å². The molecule has 0 aromatic heterocycles. The van der Waals surface area contributed by atoms with Gasteiger partial charge in [0.05, 0.1) is 19.8 Å². The van der Waals surface area contributed by atoms with Gasteiger partial charge in [-0.15, -0.1) is 0 Å². The SMILES string of the molecule is OC[C@@H]1O[C@@H](OC[C@@H]2O[C@@H](OCc3ccccc3Br)[C@@H](O)[C@@H](O)[C@@H]2O)[C@@H](O)[C@@H](O)[C@@H]1O. The summed E-state index contributed by atoms with van der Waals surface area (Å²) < 4.78 is 22.5. The van der Waals surface area contributed by atoms with Crippen LogP contribution in [0.5, 0.6) is 0 Å². The van der Waals surface area contributed by atoms with Crippen LogP contribution in [0.3, 0.4) is 0 Å². The van der Waals surface area contributed by atoms with Crippen molar-refractivity contribution < 1.29 is 54.7 Å². The van der Waals surface area contributed by atoms with Gasteiger partial charge >= 0.3 is 0 Å². The molecule has 7 N–H and O–H groups in total. The molecule has 176 valence electrons. The van der Waals surface area contributed by atoms with Crippen LogP contribution in [0, 0.1) is 0 Å². The minimum absolute atomic E-state index is 0.0479. The van der Waals surface area contributed by atoms with Gasteiger partial charge in [-0.25, -0.2) is 0 Å². The molecule has 0 radical (unpaired) electrons. The Morgan fingerprint density at radius 1 is 0.742 bits per heavy atom. The van der Waals surface area contributed by atoms with Crippen LogP contribution in [-0.4, -0.2) is 110 Å². The van der Waals surface area contributed by atoms with Gasteiger partial charge in [0.1, 0.15) is 48.8 Å². The molecule has 12 heteroatoms. The van der Waals surface area contributed by atoms with Gasteiger partial charge in [-0.3, -0.25) is 0 Å². The second-order valence-corrected chi connectivity index (χ2v) is 8.30. The van der Waals surface area contributed by atoms with Crippen molar-refractivity contribution >= 4 is 15.9 Å². The maximum Gasteiger partial charge on any atom is 0.187 e. The molecule has 2 saturated heterocycles. The van der Waals surface area contributed by atoms with E-state index in [0.29, 0.717) is 0 Å². The van der Waals surface area contributed by atoms with Gasteiger partial charge < -0.3 is 54.7 Å². The molecule has 0 aliphatic carbocycles. The van der Waals surface area contributed by atoms with Gasteiger partial charge in [0.15, 0.2) is 12.6 Å². The summed E-state index contributed by atoms with van der Waals surface area (Å²) in [5, 5.41) is 69.5. The van der Waals surface area contributed by atoms with Gasteiger partial charge in [0.25, 0.3) is 0 Å². The summed E-state index contributed by atoms with van der Waals surface area (Å²) in [6, 6.07) is 7.24. The summed E-state index contributed by atoms with van der Waals surface area (Å²) in [4.78, 5) is 0. The highest BCUT2D eigenvalue weighted by Gasteiger charge is 2.47. The molecule has 11 nitrogen and oxygen atoms in total. The third-order valence-corrected chi connectivity index (χ3v) is 6.08. The molecule has 3 rings (SSSR count). The molecular formula is C19H27BrO11. The second kappa shape index (κ2) is 10.9. The fraction of sp³-hybridized carbons (Fsp3) is 0.684. The molecule has 0 spiro atoms. The maximum absolute atomic E-state index is 10.2. The highest BCUT2D eigenvalue weighted by molar-refractivity contribution is 9.10. The van der Waals surface area contributed by atoms with Gasteiger partial charge in [0, 0.05) is 4.47 Å². The molecule has 2 fully saturated rings. The second-order valence-electron chi connectivity index (χ2n) is 7.45. The molecule has 0 amide bonds. The van der Waals surface area contributed by atoms with E-state index in [4.69, 9.17) is 18.9 Å². The molecule has 0 unspecified atom stereocenters. The zero-order valence-electron chi connectivity index (χ0n) is 16.3. The predicted octanol–water partition coefficient (Wildman–Crippen LogP) is -2.41. The van der Waals surface area contributed by atoms with Crippen molar-refractivity contribution in [3.63, 3.8) is 0 Å². The van der Waals surface area contributed by atoms with Crippen LogP contribution >= 0.6 is 15.9 Å². The number of rotatable bonds is 7. The van der Waals surface area contributed by atoms with Crippen LogP contribution in [0.2, 0.25) is 0 Å². The minimum atomic E-state index is -1.63. The van der Waals surface area contributed by atoms with Crippen molar-refractivity contribution in [3.05, 3.63) is 34.3 Å². The summed E-state index contributed by atoms with van der Waals surface area (Å²) in [6.45, 7) is -0.988. The van der Waals surface area contributed by atoms with Gasteiger partial charge in [0.2, 0.25) is 0 Å². The van der Waals surface area contributed by atoms with Crippen molar-refractivity contribution in [3.8, 4) is 0 Å². The lowest BCUT2D eigenvalue weighted by Crippen LogP contribution is -2.61. The van der Waals surface area contributed by atoms with Crippen LogP contribution in [0.15, 0.2) is 28.7 Å². The molecule has 1 aromatic carbocycles. The zero-order valence-corrected chi connectivity index (χ0v) is 17.9. The zero-order chi connectivity index (χ0) is 22.7. The topological polar surface area (TPSA) is 179 Å². The number of aliphatic hydroxyl groups excluding tert-OH is 7. The van der Waals surface area contributed by atoms with Gasteiger partial charge in [-0.05, 0) is 11.6 Å². The van der Waals surface area contributed by atoms with E-state index in [0.717, 1.165) is 10.0 Å². The normalized spacial score (nSPS) is 41.3. The fourth-order valence-electron chi connectivity index (χ4n) is 3.37. The first kappa shape index (κ1) is 24.9. The molecule has 0 saturated carbocycles. The predicted molar refractivity (Wildman–Crippen MR) is 105 cm³/mol. The Morgan fingerprint density at radius 2 is 1.29 bits per heavy atom. The van der Waals surface area contributed by atoms with Crippen molar-refractivity contribution in [1.29, 1.82) is 0 Å². The fourth-order valence-corrected chi connectivity index (χ4v) is 3.77. The molecular weight excluding hydrogens is 484 g/mol. The van der Waals surface area contributed by atoms with Crippen LogP contribution in [0.4, 0.5) is 0 Å². The number of aliphatic hydroxyl groups is 7. The van der Waals surface area contributed by atoms with Crippen LogP contribution in [0.1, 0.15) is 5.56 Å². The van der Waals surface area contributed by atoms with Crippen molar-refractivity contribution in [2.24, 2.45) is 0 Å². The quantitative estimate of drug-likeness (QED) is 0.207. The number of halogens is 1. The van der Waals surface area contributed by atoms with Crippen LogP contribution in [0.25, 0.3) is 0 Å². The Bertz CT molecular complexity index is 707. The van der Waals surface area contributed by atoms with Crippen LogP contribution < -0.4 is 0 Å². The molecule has 2 aliphatic rings. The first-order valence-corrected chi connectivity index (χ1v) is 10.5.